The van der Waals surface area contributed by atoms with Gasteiger partial charge in [-0.15, -0.1) is 0 Å². The van der Waals surface area contributed by atoms with Crippen molar-refractivity contribution in [2.45, 2.75) is 25.3 Å². The molecule has 0 amide bonds. The molecule has 2 N–H and O–H groups in total. The van der Waals surface area contributed by atoms with Crippen molar-refractivity contribution < 1.29 is 24.4 Å². The molecule has 26 heavy (non-hydrogen) atoms. The number of allylic oxidation sites excluding steroid dienone is 2. The van der Waals surface area contributed by atoms with Gasteiger partial charge in [-0.05, 0) is 31.1 Å². The van der Waals surface area contributed by atoms with Crippen molar-refractivity contribution in [1.82, 2.24) is 5.32 Å². The van der Waals surface area contributed by atoms with Crippen molar-refractivity contribution in [1.29, 1.82) is 0 Å². The Balaban J connectivity index is 2.21. The molecule has 0 aromatic heterocycles. The van der Waals surface area contributed by atoms with Gasteiger partial charge in [-0.1, -0.05) is 12.1 Å². The maximum absolute atomic E-state index is 12.6. The van der Waals surface area contributed by atoms with Gasteiger partial charge in [-0.3, -0.25) is 14.9 Å². The molecular formula is C18H18N2O6. The number of esters is 1. The fraction of sp³-hybridized carbons (Fsp3) is 0.333. The van der Waals surface area contributed by atoms with Crippen LogP contribution in [0.4, 0.5) is 5.69 Å². The van der Waals surface area contributed by atoms with Gasteiger partial charge >= 0.3 is 11.7 Å². The number of ether oxygens (including phenoxy) is 1. The topological polar surface area (TPSA) is 119 Å². The molecule has 0 radical (unpaired) electrons. The second kappa shape index (κ2) is 6.62. The molecule has 1 aliphatic heterocycles. The third kappa shape index (κ3) is 2.83. The molecule has 0 saturated carbocycles. The number of nitro benzene ring substituents is 1. The van der Waals surface area contributed by atoms with Crippen LogP contribution in [0.15, 0.2) is 41.6 Å². The second-order valence-electron chi connectivity index (χ2n) is 6.33. The summed E-state index contributed by atoms with van der Waals surface area (Å²) in [4.78, 5) is 35.5. The van der Waals surface area contributed by atoms with Crippen LogP contribution >= 0.6 is 0 Å². The summed E-state index contributed by atoms with van der Waals surface area (Å²) < 4.78 is 4.88. The van der Waals surface area contributed by atoms with E-state index in [-0.39, 0.29) is 17.4 Å². The lowest BCUT2D eigenvalue weighted by atomic mass is 9.69. The lowest BCUT2D eigenvalue weighted by Gasteiger charge is -2.40. The number of ketones is 1. The molecule has 2 aliphatic rings. The molecule has 0 spiro atoms. The fourth-order valence-corrected chi connectivity index (χ4v) is 3.74. The van der Waals surface area contributed by atoms with Crippen LogP contribution in [0.3, 0.4) is 0 Å². The van der Waals surface area contributed by atoms with Crippen molar-refractivity contribution in [3.05, 3.63) is 57.3 Å². The summed E-state index contributed by atoms with van der Waals surface area (Å²) >= 11 is 0. The number of carbonyl (C=O) groups is 2. The first-order valence-electron chi connectivity index (χ1n) is 8.08. The quantitative estimate of drug-likeness (QED) is 0.481. The molecule has 8 nitrogen and oxygen atoms in total. The minimum Gasteiger partial charge on any atom is -0.502 e. The van der Waals surface area contributed by atoms with E-state index in [9.17, 15) is 24.8 Å². The van der Waals surface area contributed by atoms with Crippen LogP contribution in [0.2, 0.25) is 0 Å². The molecule has 3 rings (SSSR count). The van der Waals surface area contributed by atoms with E-state index in [0.717, 1.165) is 0 Å². The third-order valence-electron chi connectivity index (χ3n) is 4.87. The van der Waals surface area contributed by atoms with E-state index in [1.165, 1.54) is 31.4 Å². The van der Waals surface area contributed by atoms with Crippen LogP contribution in [0.1, 0.15) is 24.8 Å². The van der Waals surface area contributed by atoms with Crippen molar-refractivity contribution in [2.24, 2.45) is 5.92 Å². The summed E-state index contributed by atoms with van der Waals surface area (Å²) in [6, 6.07) is 3.69. The first kappa shape index (κ1) is 17.7. The normalized spacial score (nSPS) is 24.7. The molecule has 0 bridgehead atoms. The van der Waals surface area contributed by atoms with Gasteiger partial charge in [0.15, 0.2) is 11.5 Å². The van der Waals surface area contributed by atoms with Crippen molar-refractivity contribution in [2.75, 3.05) is 7.11 Å². The van der Waals surface area contributed by atoms with Gasteiger partial charge < -0.3 is 15.2 Å². The Kier molecular flexibility index (Phi) is 4.50. The number of aromatic hydroxyl groups is 1. The highest BCUT2D eigenvalue weighted by molar-refractivity contribution is 5.98. The number of carbonyl (C=O) groups excluding carboxylic acids is 2. The molecule has 1 aromatic rings. The van der Waals surface area contributed by atoms with E-state index >= 15 is 0 Å². The van der Waals surface area contributed by atoms with Crippen molar-refractivity contribution >= 4 is 17.4 Å². The Bertz CT molecular complexity index is 857. The van der Waals surface area contributed by atoms with Crippen LogP contribution in [0.5, 0.6) is 5.75 Å². The first-order chi connectivity index (χ1) is 12.3. The summed E-state index contributed by atoms with van der Waals surface area (Å²) in [7, 11) is 1.24. The van der Waals surface area contributed by atoms with Gasteiger partial charge in [-0.25, -0.2) is 4.79 Å². The Morgan fingerprint density at radius 2 is 2.15 bits per heavy atom. The third-order valence-corrected chi connectivity index (χ3v) is 4.87. The molecule has 1 aromatic carbocycles. The minimum absolute atomic E-state index is 0.164. The maximum atomic E-state index is 12.6. The summed E-state index contributed by atoms with van der Waals surface area (Å²) in [6.45, 7) is 1.72. The average molecular weight is 358 g/mol. The second-order valence-corrected chi connectivity index (χ2v) is 6.33. The molecule has 1 aliphatic carbocycles. The van der Waals surface area contributed by atoms with E-state index in [4.69, 9.17) is 4.74 Å². The number of rotatable bonds is 3. The Hall–Kier alpha value is -3.16. The van der Waals surface area contributed by atoms with E-state index in [0.29, 0.717) is 17.7 Å². The lowest BCUT2D eigenvalue weighted by molar-refractivity contribution is -0.385. The van der Waals surface area contributed by atoms with Crippen LogP contribution in [-0.2, 0) is 14.3 Å². The van der Waals surface area contributed by atoms with Gasteiger partial charge in [0, 0.05) is 23.7 Å². The zero-order chi connectivity index (χ0) is 19.0. The van der Waals surface area contributed by atoms with Crippen LogP contribution in [0.25, 0.3) is 0 Å². The number of methoxy groups -OCH3 is 1. The zero-order valence-electron chi connectivity index (χ0n) is 14.3. The van der Waals surface area contributed by atoms with E-state index < -0.39 is 34.2 Å². The highest BCUT2D eigenvalue weighted by atomic mass is 16.6. The zero-order valence-corrected chi connectivity index (χ0v) is 14.3. The van der Waals surface area contributed by atoms with Gasteiger partial charge in [-0.2, -0.15) is 0 Å². The number of phenols is 1. The molecule has 3 atom stereocenters. The maximum Gasteiger partial charge on any atom is 0.336 e. The minimum atomic E-state index is -0.703. The Labute approximate surface area is 149 Å². The first-order valence-corrected chi connectivity index (χ1v) is 8.08. The number of fused-ring (bicyclic) bond motifs is 1. The number of benzene rings is 1. The average Bonchev–Trinajstić information content (AvgIpc) is 2.60. The summed E-state index contributed by atoms with van der Waals surface area (Å²) in [5.74, 6) is -2.54. The summed E-state index contributed by atoms with van der Waals surface area (Å²) in [5.41, 5.74) is 0.770. The Morgan fingerprint density at radius 1 is 1.42 bits per heavy atom. The standard InChI is InChI=1S/C18H18N2O6/c1-9-15(18(23)26-2)16(17-11(19-9)4-3-5-14(17)22)10-6-7-13(21)12(8-10)20(24)25/h3,5-8,11,16-17,19,21H,4H2,1-2H3. The van der Waals surface area contributed by atoms with Crippen LogP contribution in [-0.4, -0.2) is 34.9 Å². The van der Waals surface area contributed by atoms with Crippen LogP contribution in [0, 0.1) is 16.0 Å². The van der Waals surface area contributed by atoms with Gasteiger partial charge in [0.2, 0.25) is 0 Å². The molecular weight excluding hydrogens is 340 g/mol. The highest BCUT2D eigenvalue weighted by Gasteiger charge is 2.45. The predicted molar refractivity (Wildman–Crippen MR) is 91.4 cm³/mol. The van der Waals surface area contributed by atoms with Crippen LogP contribution < -0.4 is 5.32 Å². The SMILES string of the molecule is COC(=O)C1=C(C)NC2CC=CC(=O)C2C1c1ccc(O)c([N+](=O)[O-])c1. The predicted octanol–water partition coefficient (Wildman–Crippen LogP) is 1.95. The number of nitrogens with zero attached hydrogens (tertiary/aromatic N) is 1. The summed E-state index contributed by atoms with van der Waals surface area (Å²) in [5, 5.41) is 24.1. The number of nitrogens with one attached hydrogen (secondary N) is 1. The Morgan fingerprint density at radius 3 is 2.81 bits per heavy atom. The molecule has 0 saturated heterocycles. The lowest BCUT2D eigenvalue weighted by Crippen LogP contribution is -2.49. The number of hydrogen-bond acceptors (Lipinski definition) is 7. The van der Waals surface area contributed by atoms with Gasteiger partial charge in [0.1, 0.15) is 0 Å². The van der Waals surface area contributed by atoms with Gasteiger partial charge in [0.25, 0.3) is 0 Å². The van der Waals surface area contributed by atoms with Crippen molar-refractivity contribution in [3.8, 4) is 5.75 Å². The van der Waals surface area contributed by atoms with Gasteiger partial charge in [0.05, 0.1) is 23.5 Å². The van der Waals surface area contributed by atoms with E-state index in [2.05, 4.69) is 5.32 Å². The molecule has 8 heteroatoms. The monoisotopic (exact) mass is 358 g/mol. The van der Waals surface area contributed by atoms with E-state index in [1.807, 2.05) is 0 Å². The fourth-order valence-electron chi connectivity index (χ4n) is 3.74. The number of phenolic OH excluding ortho intramolecular Hbond substituents is 1. The highest BCUT2D eigenvalue weighted by Crippen LogP contribution is 2.44. The molecule has 1 heterocycles. The molecule has 3 unspecified atom stereocenters. The molecule has 136 valence electrons. The number of hydrogen-bond donors (Lipinski definition) is 2. The molecule has 0 fully saturated rings. The van der Waals surface area contributed by atoms with E-state index in [1.54, 1.807) is 13.0 Å². The smallest absolute Gasteiger partial charge is 0.336 e. The largest absolute Gasteiger partial charge is 0.502 e. The number of nitro groups is 1. The van der Waals surface area contributed by atoms with Crippen molar-refractivity contribution in [3.63, 3.8) is 0 Å². The summed E-state index contributed by atoms with van der Waals surface area (Å²) in [6.07, 6.45) is 3.84.